The van der Waals surface area contributed by atoms with Crippen LogP contribution in [0.15, 0.2) is 0 Å². The van der Waals surface area contributed by atoms with Crippen molar-refractivity contribution in [1.82, 2.24) is 15.1 Å². The number of nitrogens with two attached hydrogens (primary N) is 1. The van der Waals surface area contributed by atoms with Crippen molar-refractivity contribution in [2.45, 2.75) is 57.5 Å². The molecule has 0 radical (unpaired) electrons. The van der Waals surface area contributed by atoms with Crippen LogP contribution < -0.4 is 11.1 Å². The molecule has 1 unspecified atom stereocenters. The normalized spacial score (nSPS) is 23.9. The van der Waals surface area contributed by atoms with E-state index in [0.717, 1.165) is 32.4 Å². The Hall–Kier alpha value is -0.650. The molecule has 5 nitrogen and oxygen atoms in total. The predicted molar refractivity (Wildman–Crippen MR) is 86.2 cm³/mol. The van der Waals surface area contributed by atoms with E-state index < -0.39 is 5.54 Å². The van der Waals surface area contributed by atoms with Gasteiger partial charge < -0.3 is 20.9 Å². The van der Waals surface area contributed by atoms with Crippen LogP contribution in [-0.2, 0) is 4.79 Å². The van der Waals surface area contributed by atoms with Crippen molar-refractivity contribution in [3.05, 3.63) is 0 Å². The van der Waals surface area contributed by atoms with E-state index in [-0.39, 0.29) is 5.91 Å². The fourth-order valence-corrected chi connectivity index (χ4v) is 3.09. The first-order valence-electron chi connectivity index (χ1n) is 8.56. The Morgan fingerprint density at radius 2 is 1.81 bits per heavy atom. The quantitative estimate of drug-likeness (QED) is 0.618. The molecule has 0 aromatic carbocycles. The standard InChI is InChI=1S/C16H32N4O/c1-3-19-10-12-20(13-11-19)9-5-4-8-16(2,15(17)21)18-14-6-7-14/h14,18H,3-13H2,1-2H3,(H2,17,21). The number of piperazine rings is 1. The number of carbonyl (C=O) groups is 1. The van der Waals surface area contributed by atoms with Gasteiger partial charge in [-0.05, 0) is 52.1 Å². The van der Waals surface area contributed by atoms with E-state index in [1.165, 1.54) is 39.0 Å². The Bertz CT molecular complexity index is 337. The largest absolute Gasteiger partial charge is 0.368 e. The van der Waals surface area contributed by atoms with E-state index in [1.807, 2.05) is 6.92 Å². The predicted octanol–water partition coefficient (Wildman–Crippen LogP) is 0.790. The molecule has 0 aromatic heterocycles. The fraction of sp³-hybridized carbons (Fsp3) is 0.938. The molecule has 2 rings (SSSR count). The molecule has 2 aliphatic rings. The molecule has 1 aliphatic heterocycles. The first-order valence-corrected chi connectivity index (χ1v) is 8.56. The lowest BCUT2D eigenvalue weighted by Gasteiger charge is -2.34. The second kappa shape index (κ2) is 7.56. The molecule has 1 amide bonds. The molecule has 0 aromatic rings. The number of unbranched alkanes of at least 4 members (excludes halogenated alkanes) is 1. The highest BCUT2D eigenvalue weighted by Gasteiger charge is 2.36. The summed E-state index contributed by atoms with van der Waals surface area (Å²) in [5.74, 6) is -0.203. The Labute approximate surface area is 129 Å². The van der Waals surface area contributed by atoms with Gasteiger partial charge in [-0.3, -0.25) is 4.79 Å². The number of nitrogens with one attached hydrogen (secondary N) is 1. The molecule has 2 fully saturated rings. The average Bonchev–Trinajstić information content (AvgIpc) is 3.28. The van der Waals surface area contributed by atoms with Gasteiger partial charge in [0.15, 0.2) is 0 Å². The Morgan fingerprint density at radius 1 is 1.19 bits per heavy atom. The lowest BCUT2D eigenvalue weighted by Crippen LogP contribution is -2.54. The average molecular weight is 296 g/mol. The molecule has 21 heavy (non-hydrogen) atoms. The molecule has 0 spiro atoms. The number of nitrogens with zero attached hydrogens (tertiary/aromatic N) is 2. The lowest BCUT2D eigenvalue weighted by atomic mass is 9.93. The first kappa shape index (κ1) is 16.7. The van der Waals surface area contributed by atoms with Gasteiger partial charge in [-0.2, -0.15) is 0 Å². The van der Waals surface area contributed by atoms with Gasteiger partial charge in [-0.1, -0.05) is 6.92 Å². The van der Waals surface area contributed by atoms with Crippen LogP contribution in [0.1, 0.15) is 46.0 Å². The van der Waals surface area contributed by atoms with Gasteiger partial charge >= 0.3 is 0 Å². The van der Waals surface area contributed by atoms with Crippen LogP contribution in [0.4, 0.5) is 0 Å². The number of hydrogen-bond acceptors (Lipinski definition) is 4. The minimum atomic E-state index is -0.512. The third-order valence-electron chi connectivity index (χ3n) is 4.96. The Morgan fingerprint density at radius 3 is 2.33 bits per heavy atom. The maximum absolute atomic E-state index is 11.7. The minimum Gasteiger partial charge on any atom is -0.368 e. The maximum Gasteiger partial charge on any atom is 0.237 e. The summed E-state index contributed by atoms with van der Waals surface area (Å²) in [5.41, 5.74) is 5.07. The minimum absolute atomic E-state index is 0.203. The third kappa shape index (κ3) is 5.24. The van der Waals surface area contributed by atoms with Crippen molar-refractivity contribution in [2.75, 3.05) is 39.3 Å². The van der Waals surface area contributed by atoms with Gasteiger partial charge in [0.25, 0.3) is 0 Å². The monoisotopic (exact) mass is 296 g/mol. The van der Waals surface area contributed by atoms with Gasteiger partial charge in [-0.15, -0.1) is 0 Å². The van der Waals surface area contributed by atoms with Crippen molar-refractivity contribution >= 4 is 5.91 Å². The summed E-state index contributed by atoms with van der Waals surface area (Å²) in [6, 6.07) is 0.518. The molecule has 0 bridgehead atoms. The zero-order valence-electron chi connectivity index (χ0n) is 13.7. The maximum atomic E-state index is 11.7. The molecule has 3 N–H and O–H groups in total. The second-order valence-electron chi connectivity index (χ2n) is 6.85. The third-order valence-corrected chi connectivity index (χ3v) is 4.96. The number of carbonyl (C=O) groups excluding carboxylic acids is 1. The Kier molecular flexibility index (Phi) is 6.02. The van der Waals surface area contributed by atoms with Crippen LogP contribution in [0, 0.1) is 0 Å². The highest BCUT2D eigenvalue weighted by molar-refractivity contribution is 5.84. The van der Waals surface area contributed by atoms with Crippen molar-refractivity contribution < 1.29 is 4.79 Å². The zero-order chi connectivity index (χ0) is 15.3. The Balaban J connectivity index is 1.62. The number of hydrogen-bond donors (Lipinski definition) is 2. The molecular weight excluding hydrogens is 264 g/mol. The van der Waals surface area contributed by atoms with Crippen molar-refractivity contribution in [3.8, 4) is 0 Å². The SMILES string of the molecule is CCN1CCN(CCCCC(C)(NC2CC2)C(N)=O)CC1. The summed E-state index contributed by atoms with van der Waals surface area (Å²) in [6.45, 7) is 11.3. The van der Waals surface area contributed by atoms with E-state index in [0.29, 0.717) is 6.04 Å². The van der Waals surface area contributed by atoms with Crippen molar-refractivity contribution in [3.63, 3.8) is 0 Å². The molecule has 1 saturated carbocycles. The summed E-state index contributed by atoms with van der Waals surface area (Å²) in [6.07, 6.45) is 5.44. The molecule has 1 saturated heterocycles. The fourth-order valence-electron chi connectivity index (χ4n) is 3.09. The van der Waals surface area contributed by atoms with Gasteiger partial charge in [0.2, 0.25) is 5.91 Å². The smallest absolute Gasteiger partial charge is 0.237 e. The van der Waals surface area contributed by atoms with Crippen LogP contribution in [0.2, 0.25) is 0 Å². The second-order valence-corrected chi connectivity index (χ2v) is 6.85. The van der Waals surface area contributed by atoms with E-state index in [9.17, 15) is 4.79 Å². The number of rotatable bonds is 9. The van der Waals surface area contributed by atoms with E-state index in [2.05, 4.69) is 22.0 Å². The van der Waals surface area contributed by atoms with Crippen LogP contribution in [0.25, 0.3) is 0 Å². The van der Waals surface area contributed by atoms with Crippen molar-refractivity contribution in [1.29, 1.82) is 0 Å². The lowest BCUT2D eigenvalue weighted by molar-refractivity contribution is -0.124. The summed E-state index contributed by atoms with van der Waals surface area (Å²) in [5, 5.41) is 3.42. The molecule has 1 atom stereocenters. The summed E-state index contributed by atoms with van der Waals surface area (Å²) >= 11 is 0. The van der Waals surface area contributed by atoms with Gasteiger partial charge in [0, 0.05) is 32.2 Å². The number of likely N-dealkylation sites (N-methyl/N-ethyl adjacent to an activating group) is 1. The summed E-state index contributed by atoms with van der Waals surface area (Å²) in [7, 11) is 0. The van der Waals surface area contributed by atoms with E-state index in [1.54, 1.807) is 0 Å². The van der Waals surface area contributed by atoms with Gasteiger partial charge in [-0.25, -0.2) is 0 Å². The van der Waals surface area contributed by atoms with Gasteiger partial charge in [0.1, 0.15) is 0 Å². The summed E-state index contributed by atoms with van der Waals surface area (Å²) in [4.78, 5) is 16.7. The summed E-state index contributed by atoms with van der Waals surface area (Å²) < 4.78 is 0. The first-order chi connectivity index (χ1) is 10.0. The zero-order valence-corrected chi connectivity index (χ0v) is 13.7. The van der Waals surface area contributed by atoms with Crippen LogP contribution in [-0.4, -0.2) is 66.6 Å². The van der Waals surface area contributed by atoms with Crippen LogP contribution in [0.3, 0.4) is 0 Å². The van der Waals surface area contributed by atoms with Crippen LogP contribution in [0.5, 0.6) is 0 Å². The van der Waals surface area contributed by atoms with Crippen molar-refractivity contribution in [2.24, 2.45) is 5.73 Å². The van der Waals surface area contributed by atoms with E-state index >= 15 is 0 Å². The number of primary amides is 1. The molecular formula is C16H32N4O. The molecule has 1 heterocycles. The van der Waals surface area contributed by atoms with Crippen LogP contribution >= 0.6 is 0 Å². The molecule has 122 valence electrons. The highest BCUT2D eigenvalue weighted by atomic mass is 16.1. The molecule has 1 aliphatic carbocycles. The highest BCUT2D eigenvalue weighted by Crippen LogP contribution is 2.25. The topological polar surface area (TPSA) is 61.6 Å². The van der Waals surface area contributed by atoms with E-state index in [4.69, 9.17) is 5.73 Å². The van der Waals surface area contributed by atoms with Gasteiger partial charge in [0.05, 0.1) is 5.54 Å². The number of amides is 1. The molecule has 5 heteroatoms.